The zero-order chi connectivity index (χ0) is 9.97. The fourth-order valence-electron chi connectivity index (χ4n) is 1.29. The van der Waals surface area contributed by atoms with Crippen molar-refractivity contribution in [2.24, 2.45) is 0 Å². The van der Waals surface area contributed by atoms with Crippen LogP contribution < -0.4 is 0 Å². The highest BCUT2D eigenvalue weighted by Crippen LogP contribution is 2.20. The van der Waals surface area contributed by atoms with Crippen LogP contribution in [0.4, 0.5) is 0 Å². The molecule has 0 saturated heterocycles. The first-order valence-electron chi connectivity index (χ1n) is 4.44. The summed E-state index contributed by atoms with van der Waals surface area (Å²) in [5.41, 5.74) is 3.42. The third kappa shape index (κ3) is 2.02. The number of halogens is 1. The molecular formula is C12H10BrN. The largest absolute Gasteiger partial charge is 0.256 e. The van der Waals surface area contributed by atoms with E-state index in [1.54, 1.807) is 6.20 Å². The molecule has 14 heavy (non-hydrogen) atoms. The predicted octanol–water partition coefficient (Wildman–Crippen LogP) is 3.82. The van der Waals surface area contributed by atoms with Gasteiger partial charge >= 0.3 is 0 Å². The lowest BCUT2D eigenvalue weighted by molar-refractivity contribution is 1.31. The van der Waals surface area contributed by atoms with Crippen molar-refractivity contribution in [2.45, 2.75) is 6.92 Å². The highest BCUT2D eigenvalue weighted by molar-refractivity contribution is 9.10. The maximum Gasteiger partial charge on any atom is 0.0713 e. The Morgan fingerprint density at radius 2 is 1.79 bits per heavy atom. The third-order valence-corrected chi connectivity index (χ3v) is 2.56. The molecule has 0 aliphatic carbocycles. The maximum absolute atomic E-state index is 4.31. The molecule has 0 unspecified atom stereocenters. The lowest BCUT2D eigenvalue weighted by Gasteiger charge is -2.01. The second-order valence-corrected chi connectivity index (χ2v) is 4.14. The molecule has 2 heteroatoms. The van der Waals surface area contributed by atoms with E-state index in [1.807, 2.05) is 12.1 Å². The van der Waals surface area contributed by atoms with Gasteiger partial charge in [0.2, 0.25) is 0 Å². The smallest absolute Gasteiger partial charge is 0.0713 e. The SMILES string of the molecule is Cc1ccc(-c2cc(Br)ccn2)cc1. The summed E-state index contributed by atoms with van der Waals surface area (Å²) in [5, 5.41) is 0. The van der Waals surface area contributed by atoms with Crippen LogP contribution in [0, 0.1) is 6.92 Å². The van der Waals surface area contributed by atoms with Crippen LogP contribution in [0.15, 0.2) is 47.1 Å². The normalized spacial score (nSPS) is 10.1. The van der Waals surface area contributed by atoms with Gasteiger partial charge < -0.3 is 0 Å². The van der Waals surface area contributed by atoms with Crippen molar-refractivity contribution in [1.82, 2.24) is 4.98 Å². The second kappa shape index (κ2) is 3.93. The molecule has 0 spiro atoms. The van der Waals surface area contributed by atoms with E-state index >= 15 is 0 Å². The monoisotopic (exact) mass is 247 g/mol. The van der Waals surface area contributed by atoms with Gasteiger partial charge in [-0.3, -0.25) is 4.98 Å². The number of aromatic nitrogens is 1. The maximum atomic E-state index is 4.31. The van der Waals surface area contributed by atoms with Gasteiger partial charge in [-0.25, -0.2) is 0 Å². The molecule has 0 bridgehead atoms. The Morgan fingerprint density at radius 1 is 1.07 bits per heavy atom. The van der Waals surface area contributed by atoms with Crippen molar-refractivity contribution in [3.8, 4) is 11.3 Å². The minimum atomic E-state index is 0.999. The van der Waals surface area contributed by atoms with Crippen molar-refractivity contribution < 1.29 is 0 Å². The molecule has 70 valence electrons. The molecule has 2 aromatic rings. The van der Waals surface area contributed by atoms with E-state index in [-0.39, 0.29) is 0 Å². The molecule has 0 fully saturated rings. The summed E-state index contributed by atoms with van der Waals surface area (Å²) < 4.78 is 1.06. The summed E-state index contributed by atoms with van der Waals surface area (Å²) in [7, 11) is 0. The number of benzene rings is 1. The van der Waals surface area contributed by atoms with Gasteiger partial charge in [-0.1, -0.05) is 45.8 Å². The van der Waals surface area contributed by atoms with Crippen LogP contribution in [0.3, 0.4) is 0 Å². The van der Waals surface area contributed by atoms with Gasteiger partial charge in [-0.05, 0) is 19.1 Å². The molecule has 0 aliphatic heterocycles. The van der Waals surface area contributed by atoms with Crippen molar-refractivity contribution in [3.05, 3.63) is 52.6 Å². The Balaban J connectivity index is 2.44. The molecule has 0 amide bonds. The number of rotatable bonds is 1. The molecule has 2 rings (SSSR count). The van der Waals surface area contributed by atoms with Crippen LogP contribution in [0.1, 0.15) is 5.56 Å². The molecule has 0 radical (unpaired) electrons. The lowest BCUT2D eigenvalue weighted by atomic mass is 10.1. The summed E-state index contributed by atoms with van der Waals surface area (Å²) in [5.74, 6) is 0. The minimum absolute atomic E-state index is 0.999. The van der Waals surface area contributed by atoms with Gasteiger partial charge in [0.1, 0.15) is 0 Å². The molecule has 0 aliphatic rings. The van der Waals surface area contributed by atoms with Crippen molar-refractivity contribution in [3.63, 3.8) is 0 Å². The highest BCUT2D eigenvalue weighted by Gasteiger charge is 1.98. The Bertz CT molecular complexity index is 434. The Morgan fingerprint density at radius 3 is 2.43 bits per heavy atom. The average Bonchev–Trinajstić information content (AvgIpc) is 2.19. The molecule has 1 heterocycles. The van der Waals surface area contributed by atoms with Crippen LogP contribution >= 0.6 is 15.9 Å². The second-order valence-electron chi connectivity index (χ2n) is 3.23. The Labute approximate surface area is 91.9 Å². The van der Waals surface area contributed by atoms with Crippen LogP contribution in [0.5, 0.6) is 0 Å². The fraction of sp³-hybridized carbons (Fsp3) is 0.0833. The van der Waals surface area contributed by atoms with Gasteiger partial charge in [0.15, 0.2) is 0 Å². The molecular weight excluding hydrogens is 238 g/mol. The Kier molecular flexibility index (Phi) is 2.64. The minimum Gasteiger partial charge on any atom is -0.256 e. The molecule has 1 nitrogen and oxygen atoms in total. The topological polar surface area (TPSA) is 12.9 Å². The van der Waals surface area contributed by atoms with E-state index in [4.69, 9.17) is 0 Å². The first kappa shape index (κ1) is 9.41. The van der Waals surface area contributed by atoms with Gasteiger partial charge in [0, 0.05) is 16.2 Å². The van der Waals surface area contributed by atoms with E-state index in [2.05, 4.69) is 52.1 Å². The third-order valence-electron chi connectivity index (χ3n) is 2.07. The van der Waals surface area contributed by atoms with Gasteiger partial charge in [0.05, 0.1) is 5.69 Å². The summed E-state index contributed by atoms with van der Waals surface area (Å²) in [6, 6.07) is 12.3. The fourth-order valence-corrected chi connectivity index (χ4v) is 1.62. The van der Waals surface area contributed by atoms with Crippen LogP contribution in [0.25, 0.3) is 11.3 Å². The van der Waals surface area contributed by atoms with Crippen molar-refractivity contribution >= 4 is 15.9 Å². The van der Waals surface area contributed by atoms with Crippen LogP contribution in [-0.4, -0.2) is 4.98 Å². The number of pyridine rings is 1. The zero-order valence-corrected chi connectivity index (χ0v) is 9.45. The van der Waals surface area contributed by atoms with Gasteiger partial charge in [-0.2, -0.15) is 0 Å². The van der Waals surface area contributed by atoms with Crippen LogP contribution in [-0.2, 0) is 0 Å². The molecule has 0 saturated carbocycles. The zero-order valence-electron chi connectivity index (χ0n) is 7.87. The molecule has 0 N–H and O–H groups in total. The van der Waals surface area contributed by atoms with Gasteiger partial charge in [0.25, 0.3) is 0 Å². The number of aryl methyl sites for hydroxylation is 1. The van der Waals surface area contributed by atoms with E-state index in [9.17, 15) is 0 Å². The van der Waals surface area contributed by atoms with Crippen molar-refractivity contribution in [2.75, 3.05) is 0 Å². The lowest BCUT2D eigenvalue weighted by Crippen LogP contribution is -1.82. The molecule has 1 aromatic carbocycles. The van der Waals surface area contributed by atoms with Crippen molar-refractivity contribution in [1.29, 1.82) is 0 Å². The average molecular weight is 248 g/mol. The standard InChI is InChI=1S/C12H10BrN/c1-9-2-4-10(5-3-9)12-8-11(13)6-7-14-12/h2-8H,1H3. The van der Waals surface area contributed by atoms with E-state index in [0.717, 1.165) is 15.7 Å². The first-order chi connectivity index (χ1) is 6.75. The highest BCUT2D eigenvalue weighted by atomic mass is 79.9. The summed E-state index contributed by atoms with van der Waals surface area (Å²) >= 11 is 3.43. The van der Waals surface area contributed by atoms with E-state index < -0.39 is 0 Å². The molecule has 0 atom stereocenters. The first-order valence-corrected chi connectivity index (χ1v) is 5.23. The predicted molar refractivity (Wildman–Crippen MR) is 62.1 cm³/mol. The van der Waals surface area contributed by atoms with E-state index in [1.165, 1.54) is 5.56 Å². The summed E-state index contributed by atoms with van der Waals surface area (Å²) in [6.07, 6.45) is 1.80. The van der Waals surface area contributed by atoms with E-state index in [0.29, 0.717) is 0 Å². The number of nitrogens with zero attached hydrogens (tertiary/aromatic N) is 1. The van der Waals surface area contributed by atoms with Crippen LogP contribution in [0.2, 0.25) is 0 Å². The number of hydrogen-bond donors (Lipinski definition) is 0. The summed E-state index contributed by atoms with van der Waals surface area (Å²) in [4.78, 5) is 4.31. The Hall–Kier alpha value is -1.15. The number of hydrogen-bond acceptors (Lipinski definition) is 1. The van der Waals surface area contributed by atoms with Gasteiger partial charge in [-0.15, -0.1) is 0 Å². The quantitative estimate of drug-likeness (QED) is 0.747. The molecule has 1 aromatic heterocycles. The summed E-state index contributed by atoms with van der Waals surface area (Å²) in [6.45, 7) is 2.08.